The molecule has 2 aromatic carbocycles. The van der Waals surface area contributed by atoms with Crippen molar-refractivity contribution in [2.45, 2.75) is 31.7 Å². The summed E-state index contributed by atoms with van der Waals surface area (Å²) in [5.74, 6) is -0.353. The van der Waals surface area contributed by atoms with Crippen molar-refractivity contribution in [2.75, 3.05) is 7.11 Å². The second kappa shape index (κ2) is 8.89. The van der Waals surface area contributed by atoms with E-state index in [0.717, 1.165) is 22.6 Å². The van der Waals surface area contributed by atoms with Crippen molar-refractivity contribution in [3.8, 4) is 5.75 Å². The van der Waals surface area contributed by atoms with Crippen LogP contribution >= 0.6 is 11.6 Å². The molecule has 6 nitrogen and oxygen atoms in total. The summed E-state index contributed by atoms with van der Waals surface area (Å²) in [4.78, 5) is 23.5. The maximum atomic E-state index is 12.7. The highest BCUT2D eigenvalue weighted by Gasteiger charge is 2.32. The Labute approximate surface area is 168 Å². The van der Waals surface area contributed by atoms with E-state index in [2.05, 4.69) is 5.10 Å². The molecule has 1 N–H and O–H groups in total. The van der Waals surface area contributed by atoms with Crippen LogP contribution in [0.3, 0.4) is 0 Å². The fourth-order valence-corrected chi connectivity index (χ4v) is 3.27. The molecule has 0 fully saturated rings. The van der Waals surface area contributed by atoms with Crippen molar-refractivity contribution >= 4 is 29.2 Å². The van der Waals surface area contributed by atoms with Gasteiger partial charge in [-0.1, -0.05) is 23.7 Å². The molecule has 0 aromatic heterocycles. The van der Waals surface area contributed by atoms with Crippen molar-refractivity contribution in [2.24, 2.45) is 5.10 Å². The molecular weight excluding hydrogens is 380 g/mol. The molecule has 1 heterocycles. The summed E-state index contributed by atoms with van der Waals surface area (Å²) >= 11 is 5.99. The number of hydrogen-bond acceptors (Lipinski definition) is 4. The number of carboxylic acids is 1. The molecule has 0 bridgehead atoms. The number of halogens is 1. The Kier molecular flexibility index (Phi) is 6.31. The Morgan fingerprint density at radius 3 is 2.43 bits per heavy atom. The number of rotatable bonds is 7. The van der Waals surface area contributed by atoms with Crippen LogP contribution in [0, 0.1) is 0 Å². The molecule has 0 radical (unpaired) electrons. The fourth-order valence-electron chi connectivity index (χ4n) is 3.15. The van der Waals surface area contributed by atoms with Crippen molar-refractivity contribution in [1.82, 2.24) is 5.01 Å². The predicted molar refractivity (Wildman–Crippen MR) is 107 cm³/mol. The van der Waals surface area contributed by atoms with E-state index in [1.807, 2.05) is 36.4 Å². The fraction of sp³-hybridized carbons (Fsp3) is 0.286. The molecule has 2 aromatic rings. The normalized spacial score (nSPS) is 16.0. The molecule has 7 heteroatoms. The number of ether oxygens (including phenoxy) is 1. The summed E-state index contributed by atoms with van der Waals surface area (Å²) in [5.41, 5.74) is 2.65. The maximum Gasteiger partial charge on any atom is 0.303 e. The zero-order valence-electron chi connectivity index (χ0n) is 15.5. The lowest BCUT2D eigenvalue weighted by Gasteiger charge is -2.22. The Balaban J connectivity index is 1.84. The topological polar surface area (TPSA) is 79.2 Å². The average Bonchev–Trinajstić information content (AvgIpc) is 3.14. The van der Waals surface area contributed by atoms with Gasteiger partial charge in [0.25, 0.3) is 0 Å². The Morgan fingerprint density at radius 1 is 1.14 bits per heavy atom. The van der Waals surface area contributed by atoms with Crippen LogP contribution in [-0.4, -0.2) is 34.8 Å². The second-order valence-electron chi connectivity index (χ2n) is 6.53. The third kappa shape index (κ3) is 4.70. The number of aliphatic carboxylic acids is 1. The minimum Gasteiger partial charge on any atom is -0.497 e. The van der Waals surface area contributed by atoms with Gasteiger partial charge in [0.05, 0.1) is 18.9 Å². The van der Waals surface area contributed by atoms with E-state index < -0.39 is 5.97 Å². The predicted octanol–water partition coefficient (Wildman–Crippen LogP) is 4.28. The van der Waals surface area contributed by atoms with Crippen LogP contribution in [0.25, 0.3) is 0 Å². The lowest BCUT2D eigenvalue weighted by molar-refractivity contribution is -0.137. The quantitative estimate of drug-likeness (QED) is 0.752. The standard InChI is InChI=1S/C21H21ClN2O4/c1-28-17-11-7-14(8-12-17)18-13-19(15-5-9-16(22)10-6-15)24(23-18)20(25)3-2-4-21(26)27/h5-12,19H,2-4,13H2,1H3,(H,26,27)/t19-/m1/s1. The lowest BCUT2D eigenvalue weighted by atomic mass is 9.98. The number of carboxylic acid groups (broad SMARTS) is 1. The number of amides is 1. The van der Waals surface area contributed by atoms with Crippen LogP contribution in [-0.2, 0) is 9.59 Å². The van der Waals surface area contributed by atoms with E-state index >= 15 is 0 Å². The smallest absolute Gasteiger partial charge is 0.303 e. The molecule has 1 aliphatic heterocycles. The number of benzene rings is 2. The van der Waals surface area contributed by atoms with Crippen LogP contribution in [0.4, 0.5) is 0 Å². The van der Waals surface area contributed by atoms with E-state index in [0.29, 0.717) is 11.4 Å². The molecule has 146 valence electrons. The molecule has 1 aliphatic rings. The lowest BCUT2D eigenvalue weighted by Crippen LogP contribution is -2.27. The average molecular weight is 401 g/mol. The van der Waals surface area contributed by atoms with Gasteiger partial charge in [-0.2, -0.15) is 5.10 Å². The first kappa shape index (κ1) is 19.9. The first-order valence-electron chi connectivity index (χ1n) is 8.99. The zero-order chi connectivity index (χ0) is 20.1. The summed E-state index contributed by atoms with van der Waals surface area (Å²) in [6, 6.07) is 14.6. The van der Waals surface area contributed by atoms with Crippen LogP contribution in [0.1, 0.15) is 42.9 Å². The Morgan fingerprint density at radius 2 is 1.82 bits per heavy atom. The number of hydrazone groups is 1. The summed E-state index contributed by atoms with van der Waals surface area (Å²) in [7, 11) is 1.61. The van der Waals surface area contributed by atoms with Crippen molar-refractivity contribution < 1.29 is 19.4 Å². The van der Waals surface area contributed by atoms with Gasteiger partial charge in [0.15, 0.2) is 0 Å². The van der Waals surface area contributed by atoms with Crippen LogP contribution < -0.4 is 4.74 Å². The first-order chi connectivity index (χ1) is 13.5. The molecule has 28 heavy (non-hydrogen) atoms. The van der Waals surface area contributed by atoms with Gasteiger partial charge in [0, 0.05) is 24.3 Å². The Bertz CT molecular complexity index is 878. The van der Waals surface area contributed by atoms with E-state index in [9.17, 15) is 9.59 Å². The molecule has 3 rings (SSSR count). The highest BCUT2D eigenvalue weighted by molar-refractivity contribution is 6.30. The van der Waals surface area contributed by atoms with Crippen LogP contribution in [0.15, 0.2) is 53.6 Å². The summed E-state index contributed by atoms with van der Waals surface area (Å²) in [6.07, 6.45) is 0.944. The number of carbonyl (C=O) groups is 2. The summed E-state index contributed by atoms with van der Waals surface area (Å²) in [6.45, 7) is 0. The highest BCUT2D eigenvalue weighted by Crippen LogP contribution is 2.34. The van der Waals surface area contributed by atoms with Gasteiger partial charge in [0.1, 0.15) is 5.75 Å². The van der Waals surface area contributed by atoms with Crippen molar-refractivity contribution in [3.63, 3.8) is 0 Å². The van der Waals surface area contributed by atoms with Crippen LogP contribution in [0.2, 0.25) is 5.02 Å². The highest BCUT2D eigenvalue weighted by atomic mass is 35.5. The van der Waals surface area contributed by atoms with Gasteiger partial charge >= 0.3 is 5.97 Å². The summed E-state index contributed by atoms with van der Waals surface area (Å²) in [5, 5.41) is 15.5. The number of nitrogens with zero attached hydrogens (tertiary/aromatic N) is 2. The molecule has 0 spiro atoms. The minimum atomic E-state index is -0.911. The van der Waals surface area contributed by atoms with Gasteiger partial charge in [-0.3, -0.25) is 9.59 Å². The maximum absolute atomic E-state index is 12.7. The number of hydrogen-bond donors (Lipinski definition) is 1. The largest absolute Gasteiger partial charge is 0.497 e. The third-order valence-corrected chi connectivity index (χ3v) is 4.88. The van der Waals surface area contributed by atoms with E-state index in [1.54, 1.807) is 19.2 Å². The van der Waals surface area contributed by atoms with E-state index in [1.165, 1.54) is 5.01 Å². The number of methoxy groups -OCH3 is 1. The first-order valence-corrected chi connectivity index (χ1v) is 9.37. The van der Waals surface area contributed by atoms with Gasteiger partial charge in [-0.05, 0) is 53.9 Å². The molecule has 0 unspecified atom stereocenters. The summed E-state index contributed by atoms with van der Waals surface area (Å²) < 4.78 is 5.19. The SMILES string of the molecule is COc1ccc(C2=NN(C(=O)CCCC(=O)O)[C@@H](c3ccc(Cl)cc3)C2)cc1. The van der Waals surface area contributed by atoms with Crippen LogP contribution in [0.5, 0.6) is 5.75 Å². The second-order valence-corrected chi connectivity index (χ2v) is 6.97. The third-order valence-electron chi connectivity index (χ3n) is 4.63. The van der Waals surface area contributed by atoms with Gasteiger partial charge in [-0.25, -0.2) is 5.01 Å². The zero-order valence-corrected chi connectivity index (χ0v) is 16.2. The molecular formula is C21H21ClN2O4. The number of carbonyl (C=O) groups excluding carboxylic acids is 1. The molecule has 1 atom stereocenters. The van der Waals surface area contributed by atoms with Crippen molar-refractivity contribution in [1.29, 1.82) is 0 Å². The van der Waals surface area contributed by atoms with E-state index in [4.69, 9.17) is 21.4 Å². The minimum absolute atomic E-state index is 0.0414. The molecule has 0 aliphatic carbocycles. The molecule has 1 amide bonds. The molecule has 0 saturated carbocycles. The molecule has 0 saturated heterocycles. The van der Waals surface area contributed by atoms with Crippen molar-refractivity contribution in [3.05, 3.63) is 64.7 Å². The monoisotopic (exact) mass is 400 g/mol. The van der Waals surface area contributed by atoms with Gasteiger partial charge in [-0.15, -0.1) is 0 Å². The van der Waals surface area contributed by atoms with E-state index in [-0.39, 0.29) is 31.2 Å². The van der Waals surface area contributed by atoms with Gasteiger partial charge in [0.2, 0.25) is 5.91 Å². The Hall–Kier alpha value is -2.86. The van der Waals surface area contributed by atoms with Gasteiger partial charge < -0.3 is 9.84 Å².